The van der Waals surface area contributed by atoms with E-state index in [2.05, 4.69) is 19.9 Å². The first-order valence-corrected chi connectivity index (χ1v) is 7.52. The van der Waals surface area contributed by atoms with E-state index < -0.39 is 0 Å². The lowest BCUT2D eigenvalue weighted by Crippen LogP contribution is -2.26. The maximum absolute atomic E-state index is 9.96. The van der Waals surface area contributed by atoms with Crippen LogP contribution in [0.3, 0.4) is 0 Å². The van der Waals surface area contributed by atoms with Gasteiger partial charge in [0.2, 0.25) is 11.2 Å². The predicted octanol–water partition coefficient (Wildman–Crippen LogP) is 1.52. The van der Waals surface area contributed by atoms with Crippen LogP contribution in [0.2, 0.25) is 5.28 Å². The number of aromatic nitrogens is 3. The Balaban J connectivity index is 1.75. The highest BCUT2D eigenvalue weighted by molar-refractivity contribution is 6.28. The van der Waals surface area contributed by atoms with Gasteiger partial charge in [0.1, 0.15) is 0 Å². The zero-order chi connectivity index (χ0) is 14.1. The number of halogens is 1. The summed E-state index contributed by atoms with van der Waals surface area (Å²) in [7, 11) is 0. The molecule has 3 rings (SSSR count). The molecule has 1 saturated heterocycles. The van der Waals surface area contributed by atoms with Gasteiger partial charge in [0.25, 0.3) is 0 Å². The molecule has 1 N–H and O–H groups in total. The Labute approximate surface area is 123 Å². The normalized spacial score (nSPS) is 28.8. The maximum Gasteiger partial charge on any atom is 0.322 e. The van der Waals surface area contributed by atoms with Crippen LogP contribution in [0.1, 0.15) is 26.2 Å². The van der Waals surface area contributed by atoms with Gasteiger partial charge in [-0.05, 0) is 36.8 Å². The van der Waals surface area contributed by atoms with E-state index in [9.17, 15) is 5.11 Å². The van der Waals surface area contributed by atoms with Crippen molar-refractivity contribution >= 4 is 17.5 Å². The van der Waals surface area contributed by atoms with E-state index >= 15 is 0 Å². The van der Waals surface area contributed by atoms with E-state index in [1.165, 1.54) is 0 Å². The zero-order valence-electron chi connectivity index (χ0n) is 11.5. The fourth-order valence-electron chi connectivity index (χ4n) is 3.12. The van der Waals surface area contributed by atoms with E-state index in [-0.39, 0.29) is 17.4 Å². The Bertz CT molecular complexity index is 487. The minimum Gasteiger partial charge on any atom is -0.463 e. The second kappa shape index (κ2) is 5.69. The lowest BCUT2D eigenvalue weighted by molar-refractivity contribution is 0.133. The van der Waals surface area contributed by atoms with Gasteiger partial charge >= 0.3 is 6.01 Å². The van der Waals surface area contributed by atoms with Crippen LogP contribution in [-0.2, 0) is 0 Å². The van der Waals surface area contributed by atoms with E-state index in [1.54, 1.807) is 0 Å². The van der Waals surface area contributed by atoms with Gasteiger partial charge in [-0.15, -0.1) is 0 Å². The standard InChI is InChI=1S/C13H19ClN4O2/c1-2-5-20-13-16-11(14)15-12(17-13)18-6-8-3-4-10(19)9(8)7-18/h8-10,19H,2-7H2,1H3. The summed E-state index contributed by atoms with van der Waals surface area (Å²) in [6, 6.07) is 0.277. The molecule has 0 bridgehead atoms. The van der Waals surface area contributed by atoms with Crippen LogP contribution >= 0.6 is 11.6 Å². The smallest absolute Gasteiger partial charge is 0.322 e. The van der Waals surface area contributed by atoms with E-state index in [0.29, 0.717) is 24.4 Å². The van der Waals surface area contributed by atoms with Gasteiger partial charge in [0.05, 0.1) is 12.7 Å². The first-order chi connectivity index (χ1) is 9.67. The number of aliphatic hydroxyl groups is 1. The number of hydrogen-bond acceptors (Lipinski definition) is 6. The predicted molar refractivity (Wildman–Crippen MR) is 75.1 cm³/mol. The third-order valence-electron chi connectivity index (χ3n) is 4.11. The topological polar surface area (TPSA) is 71.4 Å². The van der Waals surface area contributed by atoms with Crippen molar-refractivity contribution < 1.29 is 9.84 Å². The number of anilines is 1. The van der Waals surface area contributed by atoms with Crippen LogP contribution in [0.15, 0.2) is 0 Å². The van der Waals surface area contributed by atoms with Gasteiger partial charge in [-0.3, -0.25) is 0 Å². The minimum atomic E-state index is -0.196. The van der Waals surface area contributed by atoms with Crippen molar-refractivity contribution in [2.24, 2.45) is 11.8 Å². The van der Waals surface area contributed by atoms with Gasteiger partial charge in [-0.2, -0.15) is 15.0 Å². The highest BCUT2D eigenvalue weighted by Gasteiger charge is 2.42. The number of fused-ring (bicyclic) bond motifs is 1. The first-order valence-electron chi connectivity index (χ1n) is 7.14. The van der Waals surface area contributed by atoms with Crippen molar-refractivity contribution in [1.29, 1.82) is 0 Å². The molecule has 0 spiro atoms. The van der Waals surface area contributed by atoms with Gasteiger partial charge in [-0.25, -0.2) is 0 Å². The quantitative estimate of drug-likeness (QED) is 0.909. The van der Waals surface area contributed by atoms with Crippen LogP contribution in [0.4, 0.5) is 5.95 Å². The molecule has 1 saturated carbocycles. The van der Waals surface area contributed by atoms with Gasteiger partial charge in [0, 0.05) is 19.0 Å². The van der Waals surface area contributed by atoms with Crippen molar-refractivity contribution in [2.75, 3.05) is 24.6 Å². The average Bonchev–Trinajstić information content (AvgIpc) is 2.99. The summed E-state index contributed by atoms with van der Waals surface area (Å²) in [5, 5.41) is 10.1. The summed E-state index contributed by atoms with van der Waals surface area (Å²) in [5.41, 5.74) is 0. The molecule has 1 aliphatic heterocycles. The van der Waals surface area contributed by atoms with Crippen LogP contribution < -0.4 is 9.64 Å². The van der Waals surface area contributed by atoms with E-state index in [4.69, 9.17) is 16.3 Å². The van der Waals surface area contributed by atoms with E-state index in [0.717, 1.165) is 32.4 Å². The van der Waals surface area contributed by atoms with Crippen LogP contribution in [0, 0.1) is 11.8 Å². The number of aliphatic hydroxyl groups excluding tert-OH is 1. The van der Waals surface area contributed by atoms with E-state index in [1.807, 2.05) is 6.92 Å². The Morgan fingerprint density at radius 1 is 1.30 bits per heavy atom. The van der Waals surface area contributed by atoms with Crippen molar-refractivity contribution in [2.45, 2.75) is 32.3 Å². The number of ether oxygens (including phenoxy) is 1. The molecule has 1 aromatic heterocycles. The van der Waals surface area contributed by atoms with Crippen LogP contribution in [-0.4, -0.2) is 45.9 Å². The lowest BCUT2D eigenvalue weighted by Gasteiger charge is -2.18. The number of hydrogen-bond donors (Lipinski definition) is 1. The average molecular weight is 299 g/mol. The molecule has 7 heteroatoms. The SMILES string of the molecule is CCCOc1nc(Cl)nc(N2CC3CCC(O)C3C2)n1. The highest BCUT2D eigenvalue weighted by Crippen LogP contribution is 2.39. The third kappa shape index (κ3) is 2.67. The van der Waals surface area contributed by atoms with Gasteiger partial charge in [-0.1, -0.05) is 6.92 Å². The molecule has 2 aliphatic rings. The molecule has 0 aromatic carbocycles. The summed E-state index contributed by atoms with van der Waals surface area (Å²) >= 11 is 5.94. The molecular weight excluding hydrogens is 280 g/mol. The molecule has 2 fully saturated rings. The molecular formula is C13H19ClN4O2. The summed E-state index contributed by atoms with van der Waals surface area (Å²) in [6.07, 6.45) is 2.67. The molecule has 0 amide bonds. The van der Waals surface area contributed by atoms with Crippen molar-refractivity contribution in [3.63, 3.8) is 0 Å². The summed E-state index contributed by atoms with van der Waals surface area (Å²) in [6.45, 7) is 4.23. The Kier molecular flexibility index (Phi) is 3.94. The van der Waals surface area contributed by atoms with Crippen LogP contribution in [0.25, 0.3) is 0 Å². The molecule has 2 heterocycles. The molecule has 110 valence electrons. The molecule has 1 aromatic rings. The first kappa shape index (κ1) is 13.8. The van der Waals surface area contributed by atoms with Crippen molar-refractivity contribution in [3.8, 4) is 6.01 Å². The van der Waals surface area contributed by atoms with Crippen LogP contribution in [0.5, 0.6) is 6.01 Å². The number of nitrogens with zero attached hydrogens (tertiary/aromatic N) is 4. The third-order valence-corrected chi connectivity index (χ3v) is 4.28. The number of rotatable bonds is 4. The Hall–Kier alpha value is -1.14. The second-order valence-electron chi connectivity index (χ2n) is 5.51. The molecule has 20 heavy (non-hydrogen) atoms. The maximum atomic E-state index is 9.96. The van der Waals surface area contributed by atoms with Crippen molar-refractivity contribution in [1.82, 2.24) is 15.0 Å². The van der Waals surface area contributed by atoms with Gasteiger partial charge < -0.3 is 14.7 Å². The fraction of sp³-hybridized carbons (Fsp3) is 0.769. The largest absolute Gasteiger partial charge is 0.463 e. The monoisotopic (exact) mass is 298 g/mol. The Morgan fingerprint density at radius 2 is 2.15 bits per heavy atom. The summed E-state index contributed by atoms with van der Waals surface area (Å²) in [5.74, 6) is 1.41. The molecule has 3 unspecified atom stereocenters. The second-order valence-corrected chi connectivity index (χ2v) is 5.85. The summed E-state index contributed by atoms with van der Waals surface area (Å²) in [4.78, 5) is 14.6. The zero-order valence-corrected chi connectivity index (χ0v) is 12.3. The fourth-order valence-corrected chi connectivity index (χ4v) is 3.27. The molecule has 3 atom stereocenters. The van der Waals surface area contributed by atoms with Crippen molar-refractivity contribution in [3.05, 3.63) is 5.28 Å². The minimum absolute atomic E-state index is 0.152. The van der Waals surface area contributed by atoms with Gasteiger partial charge in [0.15, 0.2) is 0 Å². The lowest BCUT2D eigenvalue weighted by atomic mass is 10.00. The summed E-state index contributed by atoms with van der Waals surface area (Å²) < 4.78 is 5.43. The molecule has 1 aliphatic carbocycles. The molecule has 6 nitrogen and oxygen atoms in total. The molecule has 0 radical (unpaired) electrons. The highest BCUT2D eigenvalue weighted by atomic mass is 35.5. The Morgan fingerprint density at radius 3 is 2.90 bits per heavy atom.